The average molecular weight is 544 g/mol. The second kappa shape index (κ2) is 9.54. The van der Waals surface area contributed by atoms with Gasteiger partial charge in [-0.05, 0) is 48.7 Å². The molecule has 2 atom stereocenters. The number of carbonyl (C=O) groups excluding carboxylic acids is 2. The fraction of sp³-hybridized carbons (Fsp3) is 0.276. The molecular weight excluding hydrogens is 518 g/mol. The maximum absolute atomic E-state index is 13.5. The standard InChI is InChI=1S/C29H26BrN3O3/c30-21-7-5-6-20(16-21)27(34)29-33-25(23-10-3-4-11-26(23)36-29)17-24(32-33)18-12-14-19(15-13-18)28(35)31-22-8-1-2-9-22/h3-7,10-16,22,25,29H,1-2,8-9,17H2,(H,31,35). The second-order valence-corrected chi connectivity index (χ2v) is 10.5. The molecule has 3 aliphatic rings. The first-order valence-electron chi connectivity index (χ1n) is 12.4. The number of halogens is 1. The van der Waals surface area contributed by atoms with Crippen LogP contribution in [-0.4, -0.2) is 34.7 Å². The largest absolute Gasteiger partial charge is 0.461 e. The third-order valence-corrected chi connectivity index (χ3v) is 7.70. The van der Waals surface area contributed by atoms with Gasteiger partial charge in [0.1, 0.15) is 5.75 Å². The fourth-order valence-electron chi connectivity index (χ4n) is 5.32. The van der Waals surface area contributed by atoms with Gasteiger partial charge in [0.15, 0.2) is 0 Å². The Morgan fingerprint density at radius 3 is 2.50 bits per heavy atom. The number of ether oxygens (including phenoxy) is 1. The van der Waals surface area contributed by atoms with Crippen LogP contribution in [0.5, 0.6) is 5.75 Å². The predicted octanol–water partition coefficient (Wildman–Crippen LogP) is 5.87. The normalized spacial score (nSPS) is 20.8. The summed E-state index contributed by atoms with van der Waals surface area (Å²) in [6.45, 7) is 0. The minimum absolute atomic E-state index is 0.0266. The van der Waals surface area contributed by atoms with Crippen LogP contribution in [0, 0.1) is 0 Å². The third-order valence-electron chi connectivity index (χ3n) is 7.20. The molecule has 0 aromatic heterocycles. The van der Waals surface area contributed by atoms with E-state index in [4.69, 9.17) is 9.84 Å². The summed E-state index contributed by atoms with van der Waals surface area (Å²) in [5.74, 6) is 0.545. The number of benzene rings is 3. The zero-order valence-corrected chi connectivity index (χ0v) is 21.3. The quantitative estimate of drug-likeness (QED) is 0.408. The number of amides is 1. The number of rotatable bonds is 5. The number of hydrogen-bond donors (Lipinski definition) is 1. The summed E-state index contributed by atoms with van der Waals surface area (Å²) >= 11 is 3.45. The molecule has 7 heteroatoms. The highest BCUT2D eigenvalue weighted by atomic mass is 79.9. The number of nitrogens with one attached hydrogen (secondary N) is 1. The van der Waals surface area contributed by atoms with Crippen molar-refractivity contribution in [2.24, 2.45) is 5.10 Å². The topological polar surface area (TPSA) is 71.0 Å². The molecule has 3 aromatic carbocycles. The summed E-state index contributed by atoms with van der Waals surface area (Å²) in [7, 11) is 0. The summed E-state index contributed by atoms with van der Waals surface area (Å²) in [5.41, 5.74) is 4.04. The molecule has 2 aliphatic heterocycles. The minimum atomic E-state index is -0.854. The maximum Gasteiger partial charge on any atom is 0.251 e. The van der Waals surface area contributed by atoms with Crippen LogP contribution >= 0.6 is 15.9 Å². The monoisotopic (exact) mass is 543 g/mol. The van der Waals surface area contributed by atoms with Crippen molar-refractivity contribution < 1.29 is 14.3 Å². The molecule has 1 saturated carbocycles. The van der Waals surface area contributed by atoms with E-state index in [2.05, 4.69) is 21.2 Å². The van der Waals surface area contributed by atoms with Crippen LogP contribution in [0.1, 0.15) is 70.0 Å². The van der Waals surface area contributed by atoms with Gasteiger partial charge in [-0.2, -0.15) is 5.10 Å². The third kappa shape index (κ3) is 4.32. The van der Waals surface area contributed by atoms with Gasteiger partial charge in [0, 0.05) is 33.6 Å². The Balaban J connectivity index is 1.28. The summed E-state index contributed by atoms with van der Waals surface area (Å²) in [4.78, 5) is 26.2. The zero-order chi connectivity index (χ0) is 24.6. The van der Waals surface area contributed by atoms with E-state index in [1.165, 1.54) is 12.8 Å². The lowest BCUT2D eigenvalue weighted by molar-refractivity contribution is -0.00456. The first-order chi connectivity index (χ1) is 17.6. The first-order valence-corrected chi connectivity index (χ1v) is 13.2. The van der Waals surface area contributed by atoms with Crippen molar-refractivity contribution >= 4 is 33.3 Å². The number of para-hydroxylation sites is 1. The van der Waals surface area contributed by atoms with E-state index >= 15 is 0 Å². The number of Topliss-reactive ketones (excluding diaryl/α,β-unsaturated/α-hetero) is 1. The molecule has 2 unspecified atom stereocenters. The highest BCUT2D eigenvalue weighted by Crippen LogP contribution is 2.43. The lowest BCUT2D eigenvalue weighted by Gasteiger charge is -2.37. The van der Waals surface area contributed by atoms with Gasteiger partial charge in [-0.3, -0.25) is 9.59 Å². The Labute approximate surface area is 218 Å². The van der Waals surface area contributed by atoms with Gasteiger partial charge in [-0.15, -0.1) is 0 Å². The maximum atomic E-state index is 13.5. The van der Waals surface area contributed by atoms with Crippen molar-refractivity contribution in [1.82, 2.24) is 10.3 Å². The zero-order valence-electron chi connectivity index (χ0n) is 19.7. The highest BCUT2D eigenvalue weighted by Gasteiger charge is 2.43. The Morgan fingerprint density at radius 2 is 1.72 bits per heavy atom. The van der Waals surface area contributed by atoms with Crippen LogP contribution in [0.4, 0.5) is 0 Å². The number of ketones is 1. The smallest absolute Gasteiger partial charge is 0.251 e. The molecule has 0 radical (unpaired) electrons. The van der Waals surface area contributed by atoms with Gasteiger partial charge in [-0.1, -0.05) is 71.2 Å². The van der Waals surface area contributed by atoms with Crippen molar-refractivity contribution in [2.45, 2.75) is 50.4 Å². The molecule has 6 rings (SSSR count). The van der Waals surface area contributed by atoms with Crippen LogP contribution in [-0.2, 0) is 0 Å². The van der Waals surface area contributed by atoms with Gasteiger partial charge in [-0.25, -0.2) is 5.01 Å². The molecule has 1 amide bonds. The predicted molar refractivity (Wildman–Crippen MR) is 141 cm³/mol. The number of fused-ring (bicyclic) bond motifs is 3. The second-order valence-electron chi connectivity index (χ2n) is 9.56. The highest BCUT2D eigenvalue weighted by molar-refractivity contribution is 9.10. The molecule has 0 bridgehead atoms. The number of hydrazone groups is 1. The number of nitrogens with zero attached hydrogens (tertiary/aromatic N) is 2. The first kappa shape index (κ1) is 23.0. The molecule has 2 heterocycles. The molecule has 0 spiro atoms. The Kier molecular flexibility index (Phi) is 6.09. The Hall–Kier alpha value is -3.45. The van der Waals surface area contributed by atoms with Crippen LogP contribution in [0.3, 0.4) is 0 Å². The summed E-state index contributed by atoms with van der Waals surface area (Å²) in [5, 5.41) is 9.81. The summed E-state index contributed by atoms with van der Waals surface area (Å²) in [6, 6.07) is 22.9. The van der Waals surface area contributed by atoms with Crippen molar-refractivity contribution in [3.05, 3.63) is 99.5 Å². The lowest BCUT2D eigenvalue weighted by atomic mass is 9.95. The number of hydrogen-bond acceptors (Lipinski definition) is 5. The Morgan fingerprint density at radius 1 is 0.944 bits per heavy atom. The van der Waals surface area contributed by atoms with Gasteiger partial charge in [0.2, 0.25) is 5.78 Å². The van der Waals surface area contributed by atoms with E-state index in [1.54, 1.807) is 17.1 Å². The molecule has 3 aromatic rings. The molecule has 36 heavy (non-hydrogen) atoms. The van der Waals surface area contributed by atoms with Crippen LogP contribution in [0.25, 0.3) is 0 Å². The van der Waals surface area contributed by atoms with Crippen LogP contribution < -0.4 is 10.1 Å². The van der Waals surface area contributed by atoms with Gasteiger partial charge < -0.3 is 10.1 Å². The van der Waals surface area contributed by atoms with Crippen molar-refractivity contribution in [2.75, 3.05) is 0 Å². The fourth-order valence-corrected chi connectivity index (χ4v) is 5.72. The van der Waals surface area contributed by atoms with E-state index in [0.717, 1.165) is 34.2 Å². The van der Waals surface area contributed by atoms with Gasteiger partial charge in [0.05, 0.1) is 11.8 Å². The van der Waals surface area contributed by atoms with Crippen molar-refractivity contribution in [3.8, 4) is 5.75 Å². The van der Waals surface area contributed by atoms with E-state index in [-0.39, 0.29) is 23.8 Å². The lowest BCUT2D eigenvalue weighted by Crippen LogP contribution is -2.45. The minimum Gasteiger partial charge on any atom is -0.461 e. The van der Waals surface area contributed by atoms with Gasteiger partial charge >= 0.3 is 0 Å². The molecule has 0 saturated heterocycles. The van der Waals surface area contributed by atoms with E-state index < -0.39 is 6.23 Å². The van der Waals surface area contributed by atoms with Gasteiger partial charge in [0.25, 0.3) is 12.1 Å². The SMILES string of the molecule is O=C(NC1CCCC1)c1ccc(C2=NN3C(C(=O)c4cccc(Br)c4)Oc4ccccc4C3C2)cc1. The van der Waals surface area contributed by atoms with Crippen LogP contribution in [0.15, 0.2) is 82.4 Å². The van der Waals surface area contributed by atoms with E-state index in [1.807, 2.05) is 60.7 Å². The number of carbonyl (C=O) groups is 2. The van der Waals surface area contributed by atoms with Crippen molar-refractivity contribution in [3.63, 3.8) is 0 Å². The average Bonchev–Trinajstić information content (AvgIpc) is 3.58. The molecule has 1 N–H and O–H groups in total. The summed E-state index contributed by atoms with van der Waals surface area (Å²) < 4.78 is 7.04. The molecule has 6 nitrogen and oxygen atoms in total. The Bertz CT molecular complexity index is 1350. The van der Waals surface area contributed by atoms with Crippen LogP contribution in [0.2, 0.25) is 0 Å². The molecule has 182 valence electrons. The van der Waals surface area contributed by atoms with E-state index in [0.29, 0.717) is 23.3 Å². The van der Waals surface area contributed by atoms with E-state index in [9.17, 15) is 9.59 Å². The molecule has 1 fully saturated rings. The summed E-state index contributed by atoms with van der Waals surface area (Å²) in [6.07, 6.45) is 4.27. The van der Waals surface area contributed by atoms with Crippen molar-refractivity contribution in [1.29, 1.82) is 0 Å². The molecular formula is C29H26BrN3O3. The molecule has 1 aliphatic carbocycles.